The Morgan fingerprint density at radius 2 is 2.44 bits per heavy atom. The molecule has 54 valence electrons. The Hall–Kier alpha value is -0.0800. The molecule has 0 saturated carbocycles. The van der Waals surface area contributed by atoms with E-state index in [9.17, 15) is 0 Å². The first-order valence-electron chi connectivity index (χ1n) is 3.62. The molecule has 9 heavy (non-hydrogen) atoms. The van der Waals surface area contributed by atoms with Crippen LogP contribution in [0.15, 0.2) is 0 Å². The Morgan fingerprint density at radius 3 is 2.89 bits per heavy atom. The maximum Gasteiger partial charge on any atom is 0.0471 e. The van der Waals surface area contributed by atoms with Crippen LogP contribution in [0.4, 0.5) is 0 Å². The van der Waals surface area contributed by atoms with Crippen LogP contribution >= 0.6 is 0 Å². The Bertz CT molecular complexity index is 85.0. The quantitative estimate of drug-likeness (QED) is 0.551. The molecular weight excluding hydrogens is 114 g/mol. The molecule has 1 saturated heterocycles. The topological polar surface area (TPSA) is 23.5 Å². The maximum atomic E-state index is 8.78. The van der Waals surface area contributed by atoms with E-state index in [0.29, 0.717) is 12.5 Å². The Kier molecular flexibility index (Phi) is 2.49. The SMILES string of the molecule is CN1CCC[C@H](CO)C1. The van der Waals surface area contributed by atoms with E-state index in [1.165, 1.54) is 19.4 Å². The minimum atomic E-state index is 0.365. The van der Waals surface area contributed by atoms with Crippen LogP contribution in [0.2, 0.25) is 0 Å². The molecule has 0 aromatic rings. The third-order valence-corrected chi connectivity index (χ3v) is 1.98. The summed E-state index contributed by atoms with van der Waals surface area (Å²) in [6.45, 7) is 2.65. The standard InChI is InChI=1S/C7H15NO/c1-8-4-2-3-7(5-8)6-9/h7,9H,2-6H2,1H3/t7-/m0/s1. The molecule has 0 unspecified atom stereocenters. The van der Waals surface area contributed by atoms with Crippen molar-refractivity contribution in [3.05, 3.63) is 0 Å². The maximum absolute atomic E-state index is 8.78. The van der Waals surface area contributed by atoms with Crippen molar-refractivity contribution in [2.75, 3.05) is 26.7 Å². The normalized spacial score (nSPS) is 30.7. The van der Waals surface area contributed by atoms with Gasteiger partial charge in [0.25, 0.3) is 0 Å². The van der Waals surface area contributed by atoms with E-state index in [-0.39, 0.29) is 0 Å². The van der Waals surface area contributed by atoms with Gasteiger partial charge in [0, 0.05) is 13.2 Å². The van der Waals surface area contributed by atoms with Crippen LogP contribution in [0.25, 0.3) is 0 Å². The highest BCUT2D eigenvalue weighted by Gasteiger charge is 2.15. The Labute approximate surface area is 56.5 Å². The number of aliphatic hydroxyl groups excluding tert-OH is 1. The van der Waals surface area contributed by atoms with Crippen LogP contribution in [0.1, 0.15) is 12.8 Å². The summed E-state index contributed by atoms with van der Waals surface area (Å²) in [7, 11) is 2.11. The first-order valence-corrected chi connectivity index (χ1v) is 3.62. The summed E-state index contributed by atoms with van der Waals surface area (Å²) >= 11 is 0. The zero-order chi connectivity index (χ0) is 6.69. The lowest BCUT2D eigenvalue weighted by Crippen LogP contribution is -2.33. The van der Waals surface area contributed by atoms with Gasteiger partial charge in [-0.2, -0.15) is 0 Å². The van der Waals surface area contributed by atoms with Gasteiger partial charge in [-0.05, 0) is 32.4 Å². The van der Waals surface area contributed by atoms with Crippen molar-refractivity contribution in [3.8, 4) is 0 Å². The van der Waals surface area contributed by atoms with Crippen LogP contribution < -0.4 is 0 Å². The fourth-order valence-electron chi connectivity index (χ4n) is 1.42. The van der Waals surface area contributed by atoms with Crippen molar-refractivity contribution in [2.45, 2.75) is 12.8 Å². The van der Waals surface area contributed by atoms with Gasteiger partial charge in [0.05, 0.1) is 0 Å². The molecule has 1 N–H and O–H groups in total. The molecular formula is C7H15NO. The molecule has 1 atom stereocenters. The molecule has 0 bridgehead atoms. The highest BCUT2D eigenvalue weighted by molar-refractivity contribution is 4.68. The van der Waals surface area contributed by atoms with Crippen LogP contribution in [0, 0.1) is 5.92 Å². The van der Waals surface area contributed by atoms with Gasteiger partial charge in [-0.1, -0.05) is 0 Å². The molecule has 1 aliphatic rings. The third kappa shape index (κ3) is 1.95. The van der Waals surface area contributed by atoms with Crippen LogP contribution in [-0.4, -0.2) is 36.8 Å². The molecule has 0 aliphatic carbocycles. The van der Waals surface area contributed by atoms with Crippen molar-refractivity contribution < 1.29 is 5.11 Å². The zero-order valence-electron chi connectivity index (χ0n) is 6.01. The van der Waals surface area contributed by atoms with Gasteiger partial charge in [-0.3, -0.25) is 0 Å². The van der Waals surface area contributed by atoms with Crippen molar-refractivity contribution in [3.63, 3.8) is 0 Å². The number of rotatable bonds is 1. The number of piperidine rings is 1. The number of aliphatic hydroxyl groups is 1. The first-order chi connectivity index (χ1) is 4.33. The monoisotopic (exact) mass is 129 g/mol. The lowest BCUT2D eigenvalue weighted by molar-refractivity contribution is 0.138. The predicted molar refractivity (Wildman–Crippen MR) is 37.3 cm³/mol. The highest BCUT2D eigenvalue weighted by atomic mass is 16.3. The third-order valence-electron chi connectivity index (χ3n) is 1.98. The van der Waals surface area contributed by atoms with Gasteiger partial charge in [-0.25, -0.2) is 0 Å². The summed E-state index contributed by atoms with van der Waals surface area (Å²) < 4.78 is 0. The molecule has 0 amide bonds. The highest BCUT2D eigenvalue weighted by Crippen LogP contribution is 2.13. The second kappa shape index (κ2) is 3.18. The molecule has 0 spiro atoms. The van der Waals surface area contributed by atoms with Gasteiger partial charge in [0.2, 0.25) is 0 Å². The minimum Gasteiger partial charge on any atom is -0.396 e. The molecule has 1 rings (SSSR count). The van der Waals surface area contributed by atoms with Gasteiger partial charge in [0.15, 0.2) is 0 Å². The molecule has 1 fully saturated rings. The molecule has 0 radical (unpaired) electrons. The number of hydrogen-bond acceptors (Lipinski definition) is 2. The zero-order valence-corrected chi connectivity index (χ0v) is 6.01. The Balaban J connectivity index is 2.23. The summed E-state index contributed by atoms with van der Waals surface area (Å²) in [6.07, 6.45) is 2.46. The van der Waals surface area contributed by atoms with E-state index in [4.69, 9.17) is 5.11 Å². The lowest BCUT2D eigenvalue weighted by atomic mass is 10.00. The summed E-state index contributed by atoms with van der Waals surface area (Å²) in [6, 6.07) is 0. The first kappa shape index (κ1) is 7.03. The van der Waals surface area contributed by atoms with Gasteiger partial charge >= 0.3 is 0 Å². The summed E-state index contributed by atoms with van der Waals surface area (Å²) in [5.74, 6) is 0.545. The number of hydrogen-bond donors (Lipinski definition) is 1. The largest absolute Gasteiger partial charge is 0.396 e. The molecule has 1 heterocycles. The predicted octanol–water partition coefficient (Wildman–Crippen LogP) is 0.321. The van der Waals surface area contributed by atoms with Crippen molar-refractivity contribution >= 4 is 0 Å². The van der Waals surface area contributed by atoms with Crippen molar-refractivity contribution in [2.24, 2.45) is 5.92 Å². The fourth-order valence-corrected chi connectivity index (χ4v) is 1.42. The average Bonchev–Trinajstić information content (AvgIpc) is 1.88. The fraction of sp³-hybridized carbons (Fsp3) is 1.00. The molecule has 0 aromatic heterocycles. The molecule has 2 heteroatoms. The van der Waals surface area contributed by atoms with E-state index in [0.717, 1.165) is 6.54 Å². The van der Waals surface area contributed by atoms with Gasteiger partial charge in [0.1, 0.15) is 0 Å². The lowest BCUT2D eigenvalue weighted by Gasteiger charge is -2.27. The van der Waals surface area contributed by atoms with E-state index >= 15 is 0 Å². The smallest absolute Gasteiger partial charge is 0.0471 e. The van der Waals surface area contributed by atoms with E-state index in [2.05, 4.69) is 11.9 Å². The average molecular weight is 129 g/mol. The number of likely N-dealkylation sites (tertiary alicyclic amines) is 1. The van der Waals surface area contributed by atoms with Gasteiger partial charge < -0.3 is 10.0 Å². The Morgan fingerprint density at radius 1 is 1.67 bits per heavy atom. The van der Waals surface area contributed by atoms with Crippen LogP contribution in [0.3, 0.4) is 0 Å². The van der Waals surface area contributed by atoms with E-state index < -0.39 is 0 Å². The number of nitrogens with zero attached hydrogens (tertiary/aromatic N) is 1. The van der Waals surface area contributed by atoms with Crippen LogP contribution in [-0.2, 0) is 0 Å². The summed E-state index contributed by atoms with van der Waals surface area (Å²) in [4.78, 5) is 2.28. The van der Waals surface area contributed by atoms with Crippen molar-refractivity contribution in [1.29, 1.82) is 0 Å². The minimum absolute atomic E-state index is 0.365. The second-order valence-corrected chi connectivity index (χ2v) is 2.95. The van der Waals surface area contributed by atoms with E-state index in [1.54, 1.807) is 0 Å². The molecule has 0 aromatic carbocycles. The molecule has 2 nitrogen and oxygen atoms in total. The van der Waals surface area contributed by atoms with Gasteiger partial charge in [-0.15, -0.1) is 0 Å². The van der Waals surface area contributed by atoms with E-state index in [1.807, 2.05) is 0 Å². The summed E-state index contributed by atoms with van der Waals surface area (Å²) in [5.41, 5.74) is 0. The summed E-state index contributed by atoms with van der Waals surface area (Å²) in [5, 5.41) is 8.78. The second-order valence-electron chi connectivity index (χ2n) is 2.95. The molecule has 1 aliphatic heterocycles. The van der Waals surface area contributed by atoms with Crippen molar-refractivity contribution in [1.82, 2.24) is 4.90 Å². The van der Waals surface area contributed by atoms with Crippen LogP contribution in [0.5, 0.6) is 0 Å².